The quantitative estimate of drug-likeness (QED) is 0.736. The van der Waals surface area contributed by atoms with Gasteiger partial charge in [-0.15, -0.1) is 0 Å². The molecule has 1 aromatic carbocycles. The molecule has 0 aromatic heterocycles. The van der Waals surface area contributed by atoms with E-state index < -0.39 is 11.9 Å². The van der Waals surface area contributed by atoms with E-state index >= 15 is 0 Å². The van der Waals surface area contributed by atoms with E-state index in [0.29, 0.717) is 12.4 Å². The third-order valence-corrected chi connectivity index (χ3v) is 4.78. The molecule has 1 heterocycles. The third kappa shape index (κ3) is 4.52. The normalized spacial score (nSPS) is 21.6. The fourth-order valence-corrected chi connectivity index (χ4v) is 3.74. The molecule has 0 spiro atoms. The molecule has 1 aromatic rings. The van der Waals surface area contributed by atoms with Gasteiger partial charge < -0.3 is 14.2 Å². The highest BCUT2D eigenvalue weighted by molar-refractivity contribution is 5.77. The van der Waals surface area contributed by atoms with Gasteiger partial charge >= 0.3 is 5.97 Å². The zero-order valence-electron chi connectivity index (χ0n) is 15.5. The van der Waals surface area contributed by atoms with E-state index in [1.165, 1.54) is 0 Å². The summed E-state index contributed by atoms with van der Waals surface area (Å²) in [4.78, 5) is 12.5. The molecule has 0 saturated carbocycles. The molecule has 0 unspecified atom stereocenters. The van der Waals surface area contributed by atoms with Crippen molar-refractivity contribution in [3.05, 3.63) is 29.8 Å². The highest BCUT2D eigenvalue weighted by atomic mass is 16.5. The van der Waals surface area contributed by atoms with E-state index in [-0.39, 0.29) is 24.0 Å². The lowest BCUT2D eigenvalue weighted by molar-refractivity contribution is -0.148. The SMILES string of the molecule is CCOC(=O)[C@H](C#N)[C@@H](c1ccccc1OC)[C@H]1CCOC(C)(C)C1. The average Bonchev–Trinajstić information content (AvgIpc) is 2.58. The maximum Gasteiger partial charge on any atom is 0.323 e. The monoisotopic (exact) mass is 345 g/mol. The van der Waals surface area contributed by atoms with E-state index in [1.54, 1.807) is 14.0 Å². The molecule has 5 nitrogen and oxygen atoms in total. The minimum absolute atomic E-state index is 0.133. The van der Waals surface area contributed by atoms with Crippen molar-refractivity contribution in [1.29, 1.82) is 5.26 Å². The van der Waals surface area contributed by atoms with Crippen molar-refractivity contribution in [3.63, 3.8) is 0 Å². The maximum atomic E-state index is 12.5. The summed E-state index contributed by atoms with van der Waals surface area (Å²) in [6.07, 6.45) is 1.57. The maximum absolute atomic E-state index is 12.5. The summed E-state index contributed by atoms with van der Waals surface area (Å²) in [6, 6.07) is 9.80. The Morgan fingerprint density at radius 3 is 2.76 bits per heavy atom. The van der Waals surface area contributed by atoms with Gasteiger partial charge in [-0.2, -0.15) is 5.26 Å². The summed E-state index contributed by atoms with van der Waals surface area (Å²) < 4.78 is 16.5. The first-order valence-electron chi connectivity index (χ1n) is 8.76. The molecule has 1 aliphatic rings. The highest BCUT2D eigenvalue weighted by Crippen LogP contribution is 2.45. The van der Waals surface area contributed by atoms with Crippen LogP contribution in [0.25, 0.3) is 0 Å². The van der Waals surface area contributed by atoms with Crippen LogP contribution in [-0.2, 0) is 14.3 Å². The average molecular weight is 345 g/mol. The summed E-state index contributed by atoms with van der Waals surface area (Å²) in [5.41, 5.74) is 0.602. The van der Waals surface area contributed by atoms with Crippen molar-refractivity contribution in [3.8, 4) is 11.8 Å². The number of hydrogen-bond acceptors (Lipinski definition) is 5. The molecule has 0 bridgehead atoms. The van der Waals surface area contributed by atoms with Crippen LogP contribution >= 0.6 is 0 Å². The second-order valence-electron chi connectivity index (χ2n) is 6.99. The second-order valence-corrected chi connectivity index (χ2v) is 6.99. The van der Waals surface area contributed by atoms with Crippen LogP contribution in [-0.4, -0.2) is 31.9 Å². The van der Waals surface area contributed by atoms with E-state index in [2.05, 4.69) is 6.07 Å². The molecule has 1 fully saturated rings. The Balaban J connectivity index is 2.47. The van der Waals surface area contributed by atoms with E-state index in [4.69, 9.17) is 14.2 Å². The molecule has 0 amide bonds. The van der Waals surface area contributed by atoms with Crippen molar-refractivity contribution >= 4 is 5.97 Å². The fourth-order valence-electron chi connectivity index (χ4n) is 3.74. The number of hydrogen-bond donors (Lipinski definition) is 0. The lowest BCUT2D eigenvalue weighted by Gasteiger charge is -2.40. The summed E-state index contributed by atoms with van der Waals surface area (Å²) in [7, 11) is 1.61. The number of rotatable bonds is 6. The molecule has 0 aliphatic carbocycles. The molecular formula is C20H27NO4. The molecule has 5 heteroatoms. The van der Waals surface area contributed by atoms with Gasteiger partial charge in [-0.25, -0.2) is 0 Å². The molecule has 3 atom stereocenters. The highest BCUT2D eigenvalue weighted by Gasteiger charge is 2.42. The molecular weight excluding hydrogens is 318 g/mol. The summed E-state index contributed by atoms with van der Waals surface area (Å²) in [6.45, 7) is 6.72. The van der Waals surface area contributed by atoms with Crippen molar-refractivity contribution in [2.75, 3.05) is 20.3 Å². The van der Waals surface area contributed by atoms with Crippen LogP contribution in [0.2, 0.25) is 0 Å². The first-order chi connectivity index (χ1) is 11.9. The Kier molecular flexibility index (Phi) is 6.44. The molecule has 2 rings (SSSR count). The minimum atomic E-state index is -0.866. The van der Waals surface area contributed by atoms with Crippen molar-refractivity contribution in [2.24, 2.45) is 11.8 Å². The molecule has 136 valence electrons. The number of benzene rings is 1. The van der Waals surface area contributed by atoms with Gasteiger partial charge in [-0.1, -0.05) is 18.2 Å². The first kappa shape index (κ1) is 19.3. The number of carbonyl (C=O) groups excluding carboxylic acids is 1. The number of methoxy groups -OCH3 is 1. The van der Waals surface area contributed by atoms with E-state index in [1.807, 2.05) is 38.1 Å². The smallest absolute Gasteiger partial charge is 0.323 e. The van der Waals surface area contributed by atoms with E-state index in [0.717, 1.165) is 18.4 Å². The molecule has 1 aliphatic heterocycles. The zero-order valence-corrected chi connectivity index (χ0v) is 15.5. The molecule has 25 heavy (non-hydrogen) atoms. The van der Waals surface area contributed by atoms with Crippen LogP contribution in [0, 0.1) is 23.2 Å². The first-order valence-corrected chi connectivity index (χ1v) is 8.76. The number of ether oxygens (including phenoxy) is 3. The van der Waals surface area contributed by atoms with Gasteiger partial charge in [0.05, 0.1) is 25.4 Å². The van der Waals surface area contributed by atoms with Gasteiger partial charge in [0.15, 0.2) is 5.92 Å². The van der Waals surface area contributed by atoms with Crippen molar-refractivity contribution in [2.45, 2.75) is 45.1 Å². The fraction of sp³-hybridized carbons (Fsp3) is 0.600. The Bertz CT molecular complexity index is 635. The zero-order chi connectivity index (χ0) is 18.4. The van der Waals surface area contributed by atoms with Gasteiger partial charge in [0.25, 0.3) is 0 Å². The van der Waals surface area contributed by atoms with Gasteiger partial charge in [0.2, 0.25) is 0 Å². The van der Waals surface area contributed by atoms with Crippen LogP contribution in [0.4, 0.5) is 0 Å². The van der Waals surface area contributed by atoms with Gasteiger partial charge in [-0.05, 0) is 51.2 Å². The van der Waals surface area contributed by atoms with Crippen LogP contribution in [0.5, 0.6) is 5.75 Å². The molecule has 0 radical (unpaired) electrons. The predicted molar refractivity (Wildman–Crippen MR) is 94.2 cm³/mol. The Hall–Kier alpha value is -2.06. The van der Waals surface area contributed by atoms with Crippen LogP contribution in [0.15, 0.2) is 24.3 Å². The van der Waals surface area contributed by atoms with Gasteiger partial charge in [0, 0.05) is 12.5 Å². The summed E-state index contributed by atoms with van der Waals surface area (Å²) in [5, 5.41) is 9.76. The predicted octanol–water partition coefficient (Wildman–Crippen LogP) is 3.69. The number of para-hydroxylation sites is 1. The van der Waals surface area contributed by atoms with Crippen LogP contribution < -0.4 is 4.74 Å². The summed E-state index contributed by atoms with van der Waals surface area (Å²) >= 11 is 0. The molecule has 0 N–H and O–H groups in total. The Labute approximate surface area is 149 Å². The van der Waals surface area contributed by atoms with Gasteiger partial charge in [-0.3, -0.25) is 4.79 Å². The largest absolute Gasteiger partial charge is 0.496 e. The minimum Gasteiger partial charge on any atom is -0.496 e. The Morgan fingerprint density at radius 2 is 2.16 bits per heavy atom. The van der Waals surface area contributed by atoms with Crippen LogP contribution in [0.3, 0.4) is 0 Å². The lowest BCUT2D eigenvalue weighted by Crippen LogP contribution is -2.39. The van der Waals surface area contributed by atoms with Crippen molar-refractivity contribution < 1.29 is 19.0 Å². The Morgan fingerprint density at radius 1 is 1.44 bits per heavy atom. The van der Waals surface area contributed by atoms with Gasteiger partial charge in [0.1, 0.15) is 5.75 Å². The standard InChI is InChI=1S/C20H27NO4/c1-5-24-19(22)16(13-21)18(14-10-11-25-20(2,3)12-14)15-8-6-7-9-17(15)23-4/h6-9,14,16,18H,5,10-12H2,1-4H3/t14-,16+,18+/m0/s1. The number of carbonyl (C=O) groups is 1. The topological polar surface area (TPSA) is 68.6 Å². The number of esters is 1. The molecule has 1 saturated heterocycles. The van der Waals surface area contributed by atoms with E-state index in [9.17, 15) is 10.1 Å². The van der Waals surface area contributed by atoms with Crippen LogP contribution in [0.1, 0.15) is 45.1 Å². The summed E-state index contributed by atoms with van der Waals surface area (Å²) in [5.74, 6) is -0.792. The number of nitriles is 1. The van der Waals surface area contributed by atoms with Crippen molar-refractivity contribution in [1.82, 2.24) is 0 Å². The number of nitrogens with zero attached hydrogens (tertiary/aromatic N) is 1. The third-order valence-electron chi connectivity index (χ3n) is 4.78. The lowest BCUT2D eigenvalue weighted by atomic mass is 9.71. The second kappa shape index (κ2) is 8.35.